The molecule has 0 saturated carbocycles. The number of aromatic nitrogens is 2. The molecule has 1 fully saturated rings. The van der Waals surface area contributed by atoms with Crippen LogP contribution in [0.15, 0.2) is 24.3 Å². The van der Waals surface area contributed by atoms with E-state index >= 15 is 0 Å². The standard InChI is InChI=1S/C24H38N7O4P/c1-4-34-36(33,35-5-2)14-11-26-24-28-22(25)21(27-18-32)23(29-24)30(3)16-19-9-8-10-20(15-19)17-31-12-6-7-13-31/h8-10,15,18H,4-7,11-14,16-17H2,1-3H3,(H,27,32)(H3,25,26,28,29). The number of carbonyl (C=O) groups is 1. The molecular formula is C24H38N7O4P. The second kappa shape index (κ2) is 13.5. The molecule has 36 heavy (non-hydrogen) atoms. The van der Waals surface area contributed by atoms with E-state index in [1.165, 1.54) is 18.4 Å². The SMILES string of the molecule is CCOP(=O)(CCNc1nc(N)c(NC=O)c(N(C)Cc2cccc(CN3CCCC3)c2)n1)OCC. The van der Waals surface area contributed by atoms with Crippen LogP contribution in [0.25, 0.3) is 0 Å². The van der Waals surface area contributed by atoms with E-state index in [0.717, 1.165) is 25.2 Å². The first kappa shape index (κ1) is 27.9. The van der Waals surface area contributed by atoms with E-state index in [1.54, 1.807) is 13.8 Å². The van der Waals surface area contributed by atoms with Crippen molar-refractivity contribution in [3.8, 4) is 0 Å². The van der Waals surface area contributed by atoms with Crippen molar-refractivity contribution in [1.29, 1.82) is 0 Å². The lowest BCUT2D eigenvalue weighted by Gasteiger charge is -2.23. The Labute approximate surface area is 213 Å². The molecule has 1 aliphatic heterocycles. The number of rotatable bonds is 15. The molecule has 0 radical (unpaired) electrons. The van der Waals surface area contributed by atoms with Crippen molar-refractivity contribution in [2.75, 3.05) is 67.3 Å². The third-order valence-corrected chi connectivity index (χ3v) is 7.89. The quantitative estimate of drug-likeness (QED) is 0.237. The number of nitrogen functional groups attached to an aromatic ring is 1. The van der Waals surface area contributed by atoms with E-state index in [0.29, 0.717) is 37.7 Å². The maximum Gasteiger partial charge on any atom is 0.332 e. The molecule has 1 aliphatic rings. The summed E-state index contributed by atoms with van der Waals surface area (Å²) in [7, 11) is -1.32. The summed E-state index contributed by atoms with van der Waals surface area (Å²) >= 11 is 0. The molecule has 12 heteroatoms. The summed E-state index contributed by atoms with van der Waals surface area (Å²) in [6, 6.07) is 8.48. The first-order valence-corrected chi connectivity index (χ1v) is 14.1. The number of nitrogens with one attached hydrogen (secondary N) is 2. The van der Waals surface area contributed by atoms with Gasteiger partial charge in [0.2, 0.25) is 12.4 Å². The number of carbonyl (C=O) groups excluding carboxylic acids is 1. The number of likely N-dealkylation sites (tertiary alicyclic amines) is 1. The topological polar surface area (TPSA) is 135 Å². The Morgan fingerprint density at radius 1 is 1.17 bits per heavy atom. The minimum absolute atomic E-state index is 0.127. The lowest BCUT2D eigenvalue weighted by Crippen LogP contribution is -2.22. The summed E-state index contributed by atoms with van der Waals surface area (Å²) in [6.45, 7) is 8.17. The molecule has 1 aromatic heterocycles. The van der Waals surface area contributed by atoms with E-state index < -0.39 is 7.60 Å². The fourth-order valence-corrected chi connectivity index (χ4v) is 5.76. The van der Waals surface area contributed by atoms with Crippen LogP contribution < -0.4 is 21.3 Å². The second-order valence-corrected chi connectivity index (χ2v) is 10.8. The van der Waals surface area contributed by atoms with Crippen LogP contribution >= 0.6 is 7.60 Å². The molecule has 2 heterocycles. The number of hydrogen-bond acceptors (Lipinski definition) is 10. The molecule has 3 rings (SSSR count). The summed E-state index contributed by atoms with van der Waals surface area (Å²) in [5.41, 5.74) is 8.88. The molecule has 0 unspecified atom stereocenters. The Kier molecular flexibility index (Phi) is 10.5. The number of nitrogens with zero attached hydrogens (tertiary/aromatic N) is 4. The van der Waals surface area contributed by atoms with Crippen molar-refractivity contribution in [3.63, 3.8) is 0 Å². The van der Waals surface area contributed by atoms with E-state index in [-0.39, 0.29) is 24.5 Å². The van der Waals surface area contributed by atoms with Gasteiger partial charge in [-0.3, -0.25) is 14.3 Å². The Morgan fingerprint density at radius 2 is 1.86 bits per heavy atom. The van der Waals surface area contributed by atoms with Crippen LogP contribution in [0.4, 0.5) is 23.3 Å². The molecule has 1 amide bonds. The van der Waals surface area contributed by atoms with Crippen LogP contribution in [0.5, 0.6) is 0 Å². The molecule has 0 bridgehead atoms. The summed E-state index contributed by atoms with van der Waals surface area (Å²) in [6.07, 6.45) is 3.22. The predicted molar refractivity (Wildman–Crippen MR) is 143 cm³/mol. The van der Waals surface area contributed by atoms with Crippen LogP contribution in [0, 0.1) is 0 Å². The van der Waals surface area contributed by atoms with Gasteiger partial charge in [0.15, 0.2) is 11.6 Å². The summed E-state index contributed by atoms with van der Waals surface area (Å²) in [5.74, 6) is 0.856. The van der Waals surface area contributed by atoms with Crippen molar-refractivity contribution >= 4 is 37.3 Å². The monoisotopic (exact) mass is 519 g/mol. The van der Waals surface area contributed by atoms with Gasteiger partial charge < -0.3 is 30.3 Å². The minimum Gasteiger partial charge on any atom is -0.382 e. The summed E-state index contributed by atoms with van der Waals surface area (Å²) < 4.78 is 23.4. The molecule has 0 aliphatic carbocycles. The fraction of sp³-hybridized carbons (Fsp3) is 0.542. The van der Waals surface area contributed by atoms with E-state index in [9.17, 15) is 9.36 Å². The molecule has 1 aromatic carbocycles. The van der Waals surface area contributed by atoms with Gasteiger partial charge in [-0.25, -0.2) is 0 Å². The van der Waals surface area contributed by atoms with Crippen LogP contribution in [-0.2, 0) is 31.5 Å². The van der Waals surface area contributed by atoms with Gasteiger partial charge in [0.1, 0.15) is 5.69 Å². The third kappa shape index (κ3) is 7.89. The van der Waals surface area contributed by atoms with E-state index in [1.807, 2.05) is 11.9 Å². The Morgan fingerprint density at radius 3 is 2.53 bits per heavy atom. The van der Waals surface area contributed by atoms with Gasteiger partial charge in [0, 0.05) is 26.7 Å². The number of amides is 1. The van der Waals surface area contributed by atoms with Crippen LogP contribution in [0.3, 0.4) is 0 Å². The zero-order valence-corrected chi connectivity index (χ0v) is 22.3. The van der Waals surface area contributed by atoms with Crippen LogP contribution in [0.2, 0.25) is 0 Å². The number of anilines is 4. The lowest BCUT2D eigenvalue weighted by atomic mass is 10.1. The number of hydrogen-bond donors (Lipinski definition) is 3. The van der Waals surface area contributed by atoms with E-state index in [4.69, 9.17) is 14.8 Å². The number of nitrogens with two attached hydrogens (primary N) is 1. The average Bonchev–Trinajstić information content (AvgIpc) is 3.34. The second-order valence-electron chi connectivity index (χ2n) is 8.65. The average molecular weight is 520 g/mol. The molecule has 198 valence electrons. The van der Waals surface area contributed by atoms with Gasteiger partial charge in [-0.1, -0.05) is 24.3 Å². The molecule has 1 saturated heterocycles. The van der Waals surface area contributed by atoms with E-state index in [2.05, 4.69) is 49.8 Å². The first-order valence-electron chi connectivity index (χ1n) is 12.4. The van der Waals surface area contributed by atoms with Crippen molar-refractivity contribution in [2.24, 2.45) is 0 Å². The van der Waals surface area contributed by atoms with Gasteiger partial charge >= 0.3 is 7.60 Å². The highest BCUT2D eigenvalue weighted by Crippen LogP contribution is 2.47. The zero-order chi connectivity index (χ0) is 26.0. The predicted octanol–water partition coefficient (Wildman–Crippen LogP) is 3.54. The largest absolute Gasteiger partial charge is 0.382 e. The zero-order valence-electron chi connectivity index (χ0n) is 21.4. The molecule has 0 atom stereocenters. The van der Waals surface area contributed by atoms with Crippen molar-refractivity contribution in [2.45, 2.75) is 39.8 Å². The Hall–Kier alpha value is -2.72. The molecular weight excluding hydrogens is 481 g/mol. The molecule has 11 nitrogen and oxygen atoms in total. The van der Waals surface area contributed by atoms with Gasteiger partial charge in [0.05, 0.1) is 19.4 Å². The number of benzene rings is 1. The van der Waals surface area contributed by atoms with Crippen molar-refractivity contribution < 1.29 is 18.4 Å². The Balaban J connectivity index is 1.74. The summed E-state index contributed by atoms with van der Waals surface area (Å²) in [4.78, 5) is 24.5. The first-order chi connectivity index (χ1) is 17.4. The van der Waals surface area contributed by atoms with Crippen molar-refractivity contribution in [3.05, 3.63) is 35.4 Å². The lowest BCUT2D eigenvalue weighted by molar-refractivity contribution is -0.105. The van der Waals surface area contributed by atoms with Crippen LogP contribution in [0.1, 0.15) is 37.8 Å². The maximum atomic E-state index is 12.7. The fourth-order valence-electron chi connectivity index (χ4n) is 4.26. The highest BCUT2D eigenvalue weighted by Gasteiger charge is 2.23. The van der Waals surface area contributed by atoms with Crippen molar-refractivity contribution in [1.82, 2.24) is 14.9 Å². The molecule has 4 N–H and O–H groups in total. The van der Waals surface area contributed by atoms with Gasteiger partial charge in [-0.05, 0) is 50.9 Å². The van der Waals surface area contributed by atoms with Crippen LogP contribution in [-0.4, -0.2) is 67.3 Å². The van der Waals surface area contributed by atoms with Gasteiger partial charge in [-0.15, -0.1) is 0 Å². The summed E-state index contributed by atoms with van der Waals surface area (Å²) in [5, 5.41) is 5.67. The smallest absolute Gasteiger partial charge is 0.332 e. The minimum atomic E-state index is -3.20. The molecule has 0 spiro atoms. The van der Waals surface area contributed by atoms with Gasteiger partial charge in [-0.2, -0.15) is 9.97 Å². The normalized spacial score (nSPS) is 14.1. The maximum absolute atomic E-state index is 12.7. The highest BCUT2D eigenvalue weighted by molar-refractivity contribution is 7.53. The Bertz CT molecular complexity index is 1040. The molecule has 2 aromatic rings. The van der Waals surface area contributed by atoms with Gasteiger partial charge in [0.25, 0.3) is 0 Å². The highest BCUT2D eigenvalue weighted by atomic mass is 31.2. The third-order valence-electron chi connectivity index (χ3n) is 5.82.